The number of fused-ring (bicyclic) bond motifs is 1. The Morgan fingerprint density at radius 2 is 1.75 bits per heavy atom. The summed E-state index contributed by atoms with van der Waals surface area (Å²) in [6, 6.07) is 15.5. The van der Waals surface area contributed by atoms with Crippen molar-refractivity contribution in [3.8, 4) is 0 Å². The molecule has 3 rings (SSSR count). The van der Waals surface area contributed by atoms with E-state index in [0.29, 0.717) is 6.61 Å². The van der Waals surface area contributed by atoms with Crippen LogP contribution in [-0.2, 0) is 11.2 Å². The lowest BCUT2D eigenvalue weighted by Crippen LogP contribution is -2.12. The first-order valence-corrected chi connectivity index (χ1v) is 7.92. The zero-order valence-electron chi connectivity index (χ0n) is 13.4. The molecule has 0 amide bonds. The molecule has 0 aromatic heterocycles. The van der Waals surface area contributed by atoms with Gasteiger partial charge in [-0.25, -0.2) is 0 Å². The normalized spacial score (nSPS) is 16.8. The fraction of sp³-hybridized carbons (Fsp3) is 0.300. The molecule has 1 atom stereocenters. The van der Waals surface area contributed by atoms with Crippen LogP contribution in [0, 0.1) is 0 Å². The van der Waals surface area contributed by atoms with Gasteiger partial charge in [0.2, 0.25) is 0 Å². The lowest BCUT2D eigenvalue weighted by atomic mass is 9.85. The summed E-state index contributed by atoms with van der Waals surface area (Å²) in [6.45, 7) is 0.465. The number of alkyl halides is 3. The number of hydrogen-bond donors (Lipinski definition) is 0. The molecule has 0 fully saturated rings. The number of benzene rings is 2. The van der Waals surface area contributed by atoms with Gasteiger partial charge < -0.3 is 4.74 Å². The second kappa shape index (κ2) is 6.81. The number of ether oxygens (including phenoxy) is 1. The Labute approximate surface area is 139 Å². The molecule has 1 nitrogen and oxygen atoms in total. The molecule has 2 aromatic rings. The largest absolute Gasteiger partial charge is 0.389 e. The molecule has 1 unspecified atom stereocenters. The van der Waals surface area contributed by atoms with Crippen molar-refractivity contribution in [2.75, 3.05) is 13.7 Å². The number of aryl methyl sites for hydroxylation is 1. The minimum absolute atomic E-state index is 0.00408. The molecule has 0 heterocycles. The monoisotopic (exact) mass is 332 g/mol. The van der Waals surface area contributed by atoms with Crippen LogP contribution in [0.25, 0.3) is 6.08 Å². The lowest BCUT2D eigenvalue weighted by molar-refractivity contribution is -0.134. The highest BCUT2D eigenvalue weighted by Crippen LogP contribution is 2.43. The van der Waals surface area contributed by atoms with Crippen LogP contribution in [0.2, 0.25) is 0 Å². The van der Waals surface area contributed by atoms with Crippen molar-refractivity contribution < 1.29 is 17.9 Å². The van der Waals surface area contributed by atoms with Gasteiger partial charge in [-0.1, -0.05) is 54.6 Å². The third-order valence-corrected chi connectivity index (χ3v) is 4.35. The van der Waals surface area contributed by atoms with E-state index in [0.717, 1.165) is 27.8 Å². The third kappa shape index (κ3) is 3.54. The first kappa shape index (κ1) is 16.8. The Bertz CT molecular complexity index is 732. The Kier molecular flexibility index (Phi) is 4.76. The summed E-state index contributed by atoms with van der Waals surface area (Å²) in [5.41, 5.74) is 4.91. The van der Waals surface area contributed by atoms with Gasteiger partial charge in [0.15, 0.2) is 0 Å². The van der Waals surface area contributed by atoms with Gasteiger partial charge in [0, 0.05) is 19.4 Å². The van der Waals surface area contributed by atoms with E-state index >= 15 is 0 Å². The molecule has 126 valence electrons. The minimum Gasteiger partial charge on any atom is -0.380 e. The van der Waals surface area contributed by atoms with Crippen LogP contribution in [0.5, 0.6) is 0 Å². The minimum atomic E-state index is -4.15. The predicted octanol–water partition coefficient (Wildman–Crippen LogP) is 5.36. The average Bonchev–Trinajstić information content (AvgIpc) is 2.92. The second-order valence-corrected chi connectivity index (χ2v) is 6.03. The molecular formula is C20H19F3O. The molecule has 0 N–H and O–H groups in total. The molecule has 24 heavy (non-hydrogen) atoms. The van der Waals surface area contributed by atoms with Crippen LogP contribution in [-0.4, -0.2) is 19.9 Å². The molecule has 0 radical (unpaired) electrons. The van der Waals surface area contributed by atoms with E-state index in [2.05, 4.69) is 0 Å². The summed E-state index contributed by atoms with van der Waals surface area (Å²) in [5.74, 6) is -0.0365. The summed E-state index contributed by atoms with van der Waals surface area (Å²) >= 11 is 0. The Balaban J connectivity index is 2.02. The summed E-state index contributed by atoms with van der Waals surface area (Å²) in [5, 5.41) is 0. The topological polar surface area (TPSA) is 9.23 Å². The zero-order valence-corrected chi connectivity index (χ0v) is 13.4. The molecule has 0 bridgehead atoms. The standard InChI is InChI=1S/C20H19F3O/c1-24-13-17-12-16-9-5-8-15(10-11-20(21,22)23)18(16)19(17)14-6-3-2-4-7-14/h2-9,12,19H,10-11,13H2,1H3. The number of halogens is 3. The average molecular weight is 332 g/mol. The molecule has 0 saturated heterocycles. The molecule has 0 aliphatic heterocycles. The third-order valence-electron chi connectivity index (χ3n) is 4.35. The Hall–Kier alpha value is -2.07. The van der Waals surface area contributed by atoms with Crippen molar-refractivity contribution >= 4 is 6.08 Å². The maximum atomic E-state index is 12.7. The van der Waals surface area contributed by atoms with Crippen molar-refractivity contribution in [3.05, 3.63) is 76.4 Å². The SMILES string of the molecule is COCC1=Cc2cccc(CCC(F)(F)F)c2C1c1ccccc1. The van der Waals surface area contributed by atoms with Crippen LogP contribution in [0.3, 0.4) is 0 Å². The maximum absolute atomic E-state index is 12.7. The highest BCUT2D eigenvalue weighted by molar-refractivity contribution is 5.71. The highest BCUT2D eigenvalue weighted by Gasteiger charge is 2.31. The summed E-state index contributed by atoms with van der Waals surface area (Å²) in [7, 11) is 1.64. The van der Waals surface area contributed by atoms with E-state index in [9.17, 15) is 13.2 Å². The molecule has 1 aliphatic carbocycles. The van der Waals surface area contributed by atoms with Gasteiger partial charge in [0.05, 0.1) is 6.61 Å². The Morgan fingerprint density at radius 1 is 1.00 bits per heavy atom. The zero-order chi connectivity index (χ0) is 17.2. The number of rotatable bonds is 5. The molecule has 2 aromatic carbocycles. The highest BCUT2D eigenvalue weighted by atomic mass is 19.4. The van der Waals surface area contributed by atoms with Crippen LogP contribution >= 0.6 is 0 Å². The fourth-order valence-corrected chi connectivity index (χ4v) is 3.39. The van der Waals surface area contributed by atoms with Crippen molar-refractivity contribution in [1.82, 2.24) is 0 Å². The van der Waals surface area contributed by atoms with Gasteiger partial charge in [0.25, 0.3) is 0 Å². The first-order chi connectivity index (χ1) is 11.5. The van der Waals surface area contributed by atoms with Crippen molar-refractivity contribution in [2.45, 2.75) is 24.9 Å². The number of methoxy groups -OCH3 is 1. The molecule has 1 aliphatic rings. The van der Waals surface area contributed by atoms with Crippen LogP contribution < -0.4 is 0 Å². The van der Waals surface area contributed by atoms with Crippen LogP contribution in [0.1, 0.15) is 34.6 Å². The maximum Gasteiger partial charge on any atom is 0.389 e. The summed E-state index contributed by atoms with van der Waals surface area (Å²) in [6.07, 6.45) is -2.89. The molecular weight excluding hydrogens is 313 g/mol. The molecule has 0 spiro atoms. The lowest BCUT2D eigenvalue weighted by Gasteiger charge is -2.20. The van der Waals surface area contributed by atoms with E-state index in [4.69, 9.17) is 4.74 Å². The van der Waals surface area contributed by atoms with E-state index in [1.807, 2.05) is 54.6 Å². The van der Waals surface area contributed by atoms with E-state index in [1.54, 1.807) is 7.11 Å². The fourth-order valence-electron chi connectivity index (χ4n) is 3.39. The Morgan fingerprint density at radius 3 is 2.42 bits per heavy atom. The first-order valence-electron chi connectivity index (χ1n) is 7.92. The van der Waals surface area contributed by atoms with Gasteiger partial charge in [-0.3, -0.25) is 0 Å². The van der Waals surface area contributed by atoms with Gasteiger partial charge in [-0.2, -0.15) is 13.2 Å². The second-order valence-electron chi connectivity index (χ2n) is 6.03. The van der Waals surface area contributed by atoms with Gasteiger partial charge in [-0.15, -0.1) is 0 Å². The van der Waals surface area contributed by atoms with Crippen molar-refractivity contribution in [3.63, 3.8) is 0 Å². The van der Waals surface area contributed by atoms with E-state index in [1.165, 1.54) is 0 Å². The number of hydrogen-bond acceptors (Lipinski definition) is 1. The summed E-state index contributed by atoms with van der Waals surface area (Å²) in [4.78, 5) is 0. The quantitative estimate of drug-likeness (QED) is 0.716. The summed E-state index contributed by atoms with van der Waals surface area (Å²) < 4.78 is 43.3. The van der Waals surface area contributed by atoms with Crippen molar-refractivity contribution in [2.24, 2.45) is 0 Å². The van der Waals surface area contributed by atoms with Gasteiger partial charge >= 0.3 is 6.18 Å². The van der Waals surface area contributed by atoms with E-state index in [-0.39, 0.29) is 12.3 Å². The van der Waals surface area contributed by atoms with Crippen LogP contribution in [0.15, 0.2) is 54.1 Å². The van der Waals surface area contributed by atoms with Gasteiger partial charge in [-0.05, 0) is 34.2 Å². The van der Waals surface area contributed by atoms with Crippen LogP contribution in [0.4, 0.5) is 13.2 Å². The van der Waals surface area contributed by atoms with E-state index < -0.39 is 12.6 Å². The van der Waals surface area contributed by atoms with Gasteiger partial charge in [0.1, 0.15) is 0 Å². The molecule has 0 saturated carbocycles. The predicted molar refractivity (Wildman–Crippen MR) is 89.0 cm³/mol. The molecule has 4 heteroatoms. The smallest absolute Gasteiger partial charge is 0.380 e. The van der Waals surface area contributed by atoms with Crippen molar-refractivity contribution in [1.29, 1.82) is 0 Å².